The summed E-state index contributed by atoms with van der Waals surface area (Å²) in [5.74, 6) is 0.264. The Balaban J connectivity index is 1.63. The van der Waals surface area contributed by atoms with Crippen LogP contribution in [0.4, 0.5) is 0 Å². The van der Waals surface area contributed by atoms with Crippen LogP contribution >= 0.6 is 0 Å². The Morgan fingerprint density at radius 2 is 1.76 bits per heavy atom. The van der Waals surface area contributed by atoms with Crippen LogP contribution in [0.25, 0.3) is 0 Å². The highest BCUT2D eigenvalue weighted by Crippen LogP contribution is 2.50. The van der Waals surface area contributed by atoms with Gasteiger partial charge in [0.25, 0.3) is 0 Å². The van der Waals surface area contributed by atoms with Crippen LogP contribution in [-0.2, 0) is 19.6 Å². The van der Waals surface area contributed by atoms with Crippen molar-refractivity contribution < 1.29 is 17.9 Å². The van der Waals surface area contributed by atoms with Gasteiger partial charge in [-0.15, -0.1) is 0 Å². The third-order valence-corrected chi connectivity index (χ3v) is 7.62. The number of nitrogens with zero attached hydrogens (tertiary/aromatic N) is 2. The van der Waals surface area contributed by atoms with Gasteiger partial charge in [0, 0.05) is 38.9 Å². The quantitative estimate of drug-likeness (QED) is 0.685. The van der Waals surface area contributed by atoms with E-state index in [1.54, 1.807) is 11.4 Å². The number of hydrogen-bond donors (Lipinski definition) is 0. The molecular weight excluding hydrogens is 340 g/mol. The van der Waals surface area contributed by atoms with Crippen LogP contribution in [0.1, 0.15) is 57.8 Å². The molecule has 2 aliphatic carbocycles. The minimum absolute atomic E-state index is 0.0484. The minimum atomic E-state index is -3.19. The second kappa shape index (κ2) is 7.53. The molecule has 0 unspecified atom stereocenters. The van der Waals surface area contributed by atoms with Crippen LogP contribution in [0.15, 0.2) is 0 Å². The first kappa shape index (κ1) is 19.1. The van der Waals surface area contributed by atoms with E-state index in [2.05, 4.69) is 0 Å². The molecule has 25 heavy (non-hydrogen) atoms. The van der Waals surface area contributed by atoms with Crippen LogP contribution in [0.5, 0.6) is 0 Å². The lowest BCUT2D eigenvalue weighted by atomic mass is 9.91. The molecule has 0 aromatic carbocycles. The fourth-order valence-corrected chi connectivity index (χ4v) is 5.88. The van der Waals surface area contributed by atoms with E-state index in [9.17, 15) is 13.2 Å². The smallest absolute Gasteiger partial charge is 0.228 e. The summed E-state index contributed by atoms with van der Waals surface area (Å²) in [5, 5.41) is 0. The summed E-state index contributed by atoms with van der Waals surface area (Å²) in [7, 11) is -1.52. The van der Waals surface area contributed by atoms with Crippen molar-refractivity contribution in [3.8, 4) is 0 Å². The molecular formula is C18H32N2O4S. The summed E-state index contributed by atoms with van der Waals surface area (Å²) in [4.78, 5) is 14.9. The molecule has 3 fully saturated rings. The maximum absolute atomic E-state index is 13.0. The number of amides is 1. The van der Waals surface area contributed by atoms with Crippen molar-refractivity contribution in [2.45, 2.75) is 69.9 Å². The summed E-state index contributed by atoms with van der Waals surface area (Å²) in [6.45, 7) is 2.06. The van der Waals surface area contributed by atoms with E-state index >= 15 is 0 Å². The Morgan fingerprint density at radius 3 is 2.28 bits per heavy atom. The molecule has 3 rings (SSSR count). The number of ether oxygens (including phenoxy) is 1. The molecule has 1 amide bonds. The number of hydrogen-bond acceptors (Lipinski definition) is 4. The van der Waals surface area contributed by atoms with Crippen LogP contribution in [0, 0.1) is 5.41 Å². The molecule has 0 radical (unpaired) electrons. The SMILES string of the molecule is COCCC1(C(=O)N2CCC[C@H](N(C3CCC3)S(C)(=O)=O)CC2)CC1. The van der Waals surface area contributed by atoms with Crippen molar-refractivity contribution in [1.29, 1.82) is 0 Å². The molecule has 0 bridgehead atoms. The third-order valence-electron chi connectivity index (χ3n) is 6.25. The number of carbonyl (C=O) groups excluding carboxylic acids is 1. The van der Waals surface area contributed by atoms with E-state index in [0.29, 0.717) is 13.2 Å². The van der Waals surface area contributed by atoms with Crippen LogP contribution in [0.3, 0.4) is 0 Å². The predicted octanol–water partition coefficient (Wildman–Crippen LogP) is 2.00. The Morgan fingerprint density at radius 1 is 1.12 bits per heavy atom. The van der Waals surface area contributed by atoms with Gasteiger partial charge in [0.2, 0.25) is 15.9 Å². The lowest BCUT2D eigenvalue weighted by Gasteiger charge is -2.40. The van der Waals surface area contributed by atoms with E-state index in [-0.39, 0.29) is 23.4 Å². The van der Waals surface area contributed by atoms with E-state index in [4.69, 9.17) is 4.74 Å². The molecule has 0 aromatic heterocycles. The van der Waals surface area contributed by atoms with E-state index in [1.807, 2.05) is 4.90 Å². The maximum Gasteiger partial charge on any atom is 0.228 e. The predicted molar refractivity (Wildman–Crippen MR) is 96.7 cm³/mol. The van der Waals surface area contributed by atoms with Crippen LogP contribution in [0.2, 0.25) is 0 Å². The van der Waals surface area contributed by atoms with Gasteiger partial charge in [-0.25, -0.2) is 8.42 Å². The molecule has 144 valence electrons. The van der Waals surface area contributed by atoms with Crippen molar-refractivity contribution in [2.24, 2.45) is 5.41 Å². The van der Waals surface area contributed by atoms with E-state index in [1.165, 1.54) is 6.26 Å². The molecule has 1 aliphatic heterocycles. The van der Waals surface area contributed by atoms with Gasteiger partial charge in [0.1, 0.15) is 0 Å². The second-order valence-electron chi connectivity index (χ2n) is 8.08. The van der Waals surface area contributed by atoms with Crippen LogP contribution < -0.4 is 0 Å². The highest BCUT2D eigenvalue weighted by atomic mass is 32.2. The van der Waals surface area contributed by atoms with Gasteiger partial charge in [-0.2, -0.15) is 4.31 Å². The van der Waals surface area contributed by atoms with Gasteiger partial charge in [0.15, 0.2) is 0 Å². The average Bonchev–Trinajstić information content (AvgIpc) is 3.31. The average molecular weight is 373 g/mol. The summed E-state index contributed by atoms with van der Waals surface area (Å²) < 4.78 is 31.6. The van der Waals surface area contributed by atoms with Crippen molar-refractivity contribution in [1.82, 2.24) is 9.21 Å². The topological polar surface area (TPSA) is 66.9 Å². The van der Waals surface area contributed by atoms with Crippen molar-refractivity contribution in [3.63, 3.8) is 0 Å². The standard InChI is InChI=1S/C18H32N2O4S/c1-24-14-11-18(9-10-18)17(21)19-12-4-7-16(8-13-19)20(25(2,22)23)15-5-3-6-15/h15-16H,3-14H2,1-2H3/t16-/m0/s1. The monoisotopic (exact) mass is 372 g/mol. The molecule has 2 saturated carbocycles. The third kappa shape index (κ3) is 4.19. The molecule has 6 nitrogen and oxygen atoms in total. The molecule has 1 atom stereocenters. The Bertz CT molecular complexity index is 584. The van der Waals surface area contributed by atoms with Gasteiger partial charge in [-0.1, -0.05) is 6.42 Å². The maximum atomic E-state index is 13.0. The molecule has 0 spiro atoms. The lowest BCUT2D eigenvalue weighted by Crippen LogP contribution is -2.50. The summed E-state index contributed by atoms with van der Waals surface area (Å²) in [6, 6.07) is 0.228. The van der Waals surface area contributed by atoms with Gasteiger partial charge in [-0.3, -0.25) is 4.79 Å². The number of carbonyl (C=O) groups is 1. The first-order chi connectivity index (χ1) is 11.9. The molecule has 1 heterocycles. The minimum Gasteiger partial charge on any atom is -0.385 e. The summed E-state index contributed by atoms with van der Waals surface area (Å²) in [5.41, 5.74) is -0.194. The van der Waals surface area contributed by atoms with Crippen LogP contribution in [-0.4, -0.2) is 68.7 Å². The lowest BCUT2D eigenvalue weighted by molar-refractivity contribution is -0.137. The highest BCUT2D eigenvalue weighted by Gasteiger charge is 2.51. The van der Waals surface area contributed by atoms with Gasteiger partial charge in [-0.05, 0) is 51.4 Å². The Kier molecular flexibility index (Phi) is 5.75. The fourth-order valence-electron chi connectivity index (χ4n) is 4.37. The Labute approximate surface area is 151 Å². The van der Waals surface area contributed by atoms with Gasteiger partial charge in [0.05, 0.1) is 11.7 Å². The first-order valence-electron chi connectivity index (χ1n) is 9.64. The normalized spacial score (nSPS) is 27.0. The zero-order valence-electron chi connectivity index (χ0n) is 15.6. The number of likely N-dealkylation sites (tertiary alicyclic amines) is 1. The zero-order chi connectivity index (χ0) is 18.1. The van der Waals surface area contributed by atoms with E-state index in [0.717, 1.165) is 64.3 Å². The number of rotatable bonds is 7. The molecule has 1 saturated heterocycles. The largest absolute Gasteiger partial charge is 0.385 e. The summed E-state index contributed by atoms with van der Waals surface area (Å²) >= 11 is 0. The van der Waals surface area contributed by atoms with Gasteiger partial charge >= 0.3 is 0 Å². The van der Waals surface area contributed by atoms with Crippen molar-refractivity contribution in [3.05, 3.63) is 0 Å². The van der Waals surface area contributed by atoms with Crippen molar-refractivity contribution >= 4 is 15.9 Å². The molecule has 7 heteroatoms. The second-order valence-corrected chi connectivity index (χ2v) is 9.97. The molecule has 0 aromatic rings. The highest BCUT2D eigenvalue weighted by molar-refractivity contribution is 7.88. The zero-order valence-corrected chi connectivity index (χ0v) is 16.4. The number of sulfonamides is 1. The Hall–Kier alpha value is -0.660. The first-order valence-corrected chi connectivity index (χ1v) is 11.5. The van der Waals surface area contributed by atoms with E-state index < -0.39 is 10.0 Å². The van der Waals surface area contributed by atoms with Gasteiger partial charge < -0.3 is 9.64 Å². The number of methoxy groups -OCH3 is 1. The molecule has 0 N–H and O–H groups in total. The van der Waals surface area contributed by atoms with Crippen molar-refractivity contribution in [2.75, 3.05) is 33.1 Å². The fraction of sp³-hybridized carbons (Fsp3) is 0.944. The molecule has 3 aliphatic rings. The summed E-state index contributed by atoms with van der Waals surface area (Å²) in [6.07, 6.45) is 9.65.